The van der Waals surface area contributed by atoms with E-state index in [9.17, 15) is 4.79 Å². The van der Waals surface area contributed by atoms with Crippen molar-refractivity contribution in [2.45, 2.75) is 37.8 Å². The molecule has 1 saturated carbocycles. The van der Waals surface area contributed by atoms with Crippen molar-refractivity contribution in [3.05, 3.63) is 29.7 Å². The van der Waals surface area contributed by atoms with Crippen LogP contribution in [0, 0.1) is 0 Å². The van der Waals surface area contributed by atoms with Gasteiger partial charge in [0.1, 0.15) is 5.69 Å². The fourth-order valence-electron chi connectivity index (χ4n) is 2.63. The van der Waals surface area contributed by atoms with E-state index in [4.69, 9.17) is 4.74 Å². The number of hydrogen-bond donors (Lipinski definition) is 1. The first-order valence-corrected chi connectivity index (χ1v) is 8.20. The molecule has 0 bridgehead atoms. The molecule has 1 amide bonds. The molecule has 1 fully saturated rings. The minimum atomic E-state index is -0.144. The quantitative estimate of drug-likeness (QED) is 0.936. The largest absolute Gasteiger partial charge is 0.381 e. The van der Waals surface area contributed by atoms with Crippen LogP contribution in [0.3, 0.4) is 0 Å². The van der Waals surface area contributed by atoms with E-state index < -0.39 is 0 Å². The Balaban J connectivity index is 1.64. The number of carbonyl (C=O) groups is 1. The highest BCUT2D eigenvalue weighted by Gasteiger charge is 2.23. The van der Waals surface area contributed by atoms with Gasteiger partial charge in [0.2, 0.25) is 0 Å². The summed E-state index contributed by atoms with van der Waals surface area (Å²) in [6.45, 7) is 0. The molecule has 0 saturated heterocycles. The van der Waals surface area contributed by atoms with E-state index in [-0.39, 0.29) is 11.9 Å². The van der Waals surface area contributed by atoms with Crippen LogP contribution in [-0.4, -0.2) is 40.1 Å². The molecule has 0 radical (unpaired) electrons. The second-order valence-electron chi connectivity index (χ2n) is 5.31. The fourth-order valence-corrected chi connectivity index (χ4v) is 3.19. The Hall–Kier alpha value is -1.86. The molecular weight excluding hydrogens is 300 g/mol. The zero-order valence-corrected chi connectivity index (χ0v) is 13.2. The number of aromatic nitrogens is 3. The van der Waals surface area contributed by atoms with E-state index in [0.717, 1.165) is 30.6 Å². The second-order valence-corrected chi connectivity index (χ2v) is 6.20. The van der Waals surface area contributed by atoms with Crippen molar-refractivity contribution in [2.75, 3.05) is 7.11 Å². The normalized spacial score (nSPS) is 21.5. The van der Waals surface area contributed by atoms with E-state index in [1.165, 1.54) is 11.3 Å². The molecular formula is C15H18N4O2S. The van der Waals surface area contributed by atoms with Crippen LogP contribution in [0.15, 0.2) is 24.0 Å². The second kappa shape index (κ2) is 6.93. The van der Waals surface area contributed by atoms with Crippen LogP contribution in [0.25, 0.3) is 10.7 Å². The molecule has 1 N–H and O–H groups in total. The van der Waals surface area contributed by atoms with Gasteiger partial charge in [-0.1, -0.05) is 0 Å². The summed E-state index contributed by atoms with van der Waals surface area (Å²) in [7, 11) is 1.74. The van der Waals surface area contributed by atoms with Crippen LogP contribution in [0.1, 0.15) is 36.2 Å². The number of nitrogens with one attached hydrogen (secondary N) is 1. The summed E-state index contributed by atoms with van der Waals surface area (Å²) in [5.74, 6) is 0.396. The van der Waals surface area contributed by atoms with Gasteiger partial charge in [0.25, 0.3) is 5.91 Å². The Morgan fingerprint density at radius 1 is 1.36 bits per heavy atom. The van der Waals surface area contributed by atoms with Gasteiger partial charge in [-0.05, 0) is 31.7 Å². The Morgan fingerprint density at radius 2 is 2.18 bits per heavy atom. The topological polar surface area (TPSA) is 77.0 Å². The standard InChI is InChI=1S/C15H18N4O2S/c1-21-11-4-2-10(3-5-11)18-15(20)12-6-7-17-14(19-12)13-8-16-9-22-13/h6-11H,2-5H2,1H3,(H,18,20). The predicted octanol–water partition coefficient (Wildman–Crippen LogP) is 2.29. The maximum Gasteiger partial charge on any atom is 0.270 e. The Kier molecular flexibility index (Phi) is 4.74. The lowest BCUT2D eigenvalue weighted by Gasteiger charge is -2.28. The highest BCUT2D eigenvalue weighted by atomic mass is 32.1. The highest BCUT2D eigenvalue weighted by molar-refractivity contribution is 7.13. The van der Waals surface area contributed by atoms with Gasteiger partial charge in [0.05, 0.1) is 16.5 Å². The zero-order chi connectivity index (χ0) is 15.4. The summed E-state index contributed by atoms with van der Waals surface area (Å²) in [4.78, 5) is 25.7. The van der Waals surface area contributed by atoms with Crippen LogP contribution in [0.5, 0.6) is 0 Å². The first-order valence-electron chi connectivity index (χ1n) is 7.32. The zero-order valence-electron chi connectivity index (χ0n) is 12.4. The lowest BCUT2D eigenvalue weighted by Crippen LogP contribution is -2.39. The Labute approximate surface area is 133 Å². The van der Waals surface area contributed by atoms with Crippen molar-refractivity contribution >= 4 is 17.2 Å². The maximum atomic E-state index is 12.3. The molecule has 22 heavy (non-hydrogen) atoms. The number of carbonyl (C=O) groups excluding carboxylic acids is 1. The third-order valence-corrected chi connectivity index (χ3v) is 4.65. The lowest BCUT2D eigenvalue weighted by molar-refractivity contribution is 0.0598. The van der Waals surface area contributed by atoms with Gasteiger partial charge in [-0.2, -0.15) is 0 Å². The van der Waals surface area contributed by atoms with Crippen molar-refractivity contribution in [3.63, 3.8) is 0 Å². The number of rotatable bonds is 4. The molecule has 3 rings (SSSR count). The number of ether oxygens (including phenoxy) is 1. The van der Waals surface area contributed by atoms with Crippen molar-refractivity contribution in [2.24, 2.45) is 0 Å². The van der Waals surface area contributed by atoms with Crippen molar-refractivity contribution in [1.82, 2.24) is 20.3 Å². The van der Waals surface area contributed by atoms with E-state index >= 15 is 0 Å². The van der Waals surface area contributed by atoms with Crippen LogP contribution in [0.2, 0.25) is 0 Å². The summed E-state index contributed by atoms with van der Waals surface area (Å²) in [6, 6.07) is 1.83. The molecule has 0 spiro atoms. The molecule has 116 valence electrons. The van der Waals surface area contributed by atoms with Gasteiger partial charge in [0, 0.05) is 25.5 Å². The molecule has 1 aliphatic carbocycles. The number of hydrogen-bond acceptors (Lipinski definition) is 6. The number of methoxy groups -OCH3 is 1. The minimum Gasteiger partial charge on any atom is -0.381 e. The lowest BCUT2D eigenvalue weighted by atomic mass is 9.93. The molecule has 2 heterocycles. The van der Waals surface area contributed by atoms with E-state index in [1.54, 1.807) is 31.1 Å². The molecule has 7 heteroatoms. The van der Waals surface area contributed by atoms with Crippen LogP contribution >= 0.6 is 11.3 Å². The summed E-state index contributed by atoms with van der Waals surface area (Å²) >= 11 is 1.45. The van der Waals surface area contributed by atoms with Crippen LogP contribution in [0.4, 0.5) is 0 Å². The maximum absolute atomic E-state index is 12.3. The smallest absolute Gasteiger partial charge is 0.270 e. The molecule has 0 aliphatic heterocycles. The number of amides is 1. The minimum absolute atomic E-state index is 0.144. The van der Waals surface area contributed by atoms with Crippen molar-refractivity contribution in [3.8, 4) is 10.7 Å². The predicted molar refractivity (Wildman–Crippen MR) is 83.7 cm³/mol. The summed E-state index contributed by atoms with van der Waals surface area (Å²) in [6.07, 6.45) is 7.49. The molecule has 1 aliphatic rings. The average molecular weight is 318 g/mol. The summed E-state index contributed by atoms with van der Waals surface area (Å²) in [5.41, 5.74) is 2.12. The highest BCUT2D eigenvalue weighted by Crippen LogP contribution is 2.21. The fraction of sp³-hybridized carbons (Fsp3) is 0.467. The van der Waals surface area contributed by atoms with Crippen molar-refractivity contribution < 1.29 is 9.53 Å². The van der Waals surface area contributed by atoms with Gasteiger partial charge in [-0.3, -0.25) is 9.78 Å². The first kappa shape index (κ1) is 15.1. The van der Waals surface area contributed by atoms with Crippen LogP contribution in [-0.2, 0) is 4.74 Å². The van der Waals surface area contributed by atoms with Gasteiger partial charge in [0.15, 0.2) is 5.82 Å². The third kappa shape index (κ3) is 3.48. The van der Waals surface area contributed by atoms with Gasteiger partial charge < -0.3 is 10.1 Å². The average Bonchev–Trinajstić information content (AvgIpc) is 3.10. The van der Waals surface area contributed by atoms with Crippen LogP contribution < -0.4 is 5.32 Å². The molecule has 0 aromatic carbocycles. The van der Waals surface area contributed by atoms with E-state index in [1.807, 2.05) is 0 Å². The van der Waals surface area contributed by atoms with Gasteiger partial charge >= 0.3 is 0 Å². The Morgan fingerprint density at radius 3 is 2.86 bits per heavy atom. The monoisotopic (exact) mass is 318 g/mol. The Bertz CT molecular complexity index is 624. The first-order chi connectivity index (χ1) is 10.8. The third-order valence-electron chi connectivity index (χ3n) is 3.88. The van der Waals surface area contributed by atoms with Gasteiger partial charge in [-0.15, -0.1) is 11.3 Å². The van der Waals surface area contributed by atoms with Crippen molar-refractivity contribution in [1.29, 1.82) is 0 Å². The molecule has 0 unspecified atom stereocenters. The number of nitrogens with zero attached hydrogens (tertiary/aromatic N) is 3. The molecule has 2 aromatic heterocycles. The molecule has 2 aromatic rings. The SMILES string of the molecule is COC1CCC(NC(=O)c2ccnc(-c3cncs3)n2)CC1. The summed E-state index contributed by atoms with van der Waals surface area (Å²) in [5, 5.41) is 3.06. The van der Waals surface area contributed by atoms with Gasteiger partial charge in [-0.25, -0.2) is 9.97 Å². The molecule has 6 nitrogen and oxygen atoms in total. The van der Waals surface area contributed by atoms with E-state index in [2.05, 4.69) is 20.3 Å². The molecule has 0 atom stereocenters. The number of thiazole rings is 1. The van der Waals surface area contributed by atoms with E-state index in [0.29, 0.717) is 17.6 Å². The summed E-state index contributed by atoms with van der Waals surface area (Å²) < 4.78 is 5.35.